The van der Waals surface area contributed by atoms with E-state index in [9.17, 15) is 0 Å². The van der Waals surface area contributed by atoms with E-state index in [0.29, 0.717) is 0 Å². The normalized spacial score (nSPS) is 11.8. The monoisotopic (exact) mass is 328 g/mol. The molecule has 1 aliphatic rings. The molecule has 0 saturated heterocycles. The molecule has 6 rings (SSSR count). The van der Waals surface area contributed by atoms with Gasteiger partial charge in [0, 0.05) is 0 Å². The Kier molecular flexibility index (Phi) is 2.70. The van der Waals surface area contributed by atoms with E-state index in [2.05, 4.69) is 97.1 Å². The molecule has 0 N–H and O–H groups in total. The molecular formula is C26H16. The summed E-state index contributed by atoms with van der Waals surface area (Å²) in [4.78, 5) is 0. The van der Waals surface area contributed by atoms with Gasteiger partial charge in [-0.3, -0.25) is 0 Å². The minimum Gasteiger partial charge on any atom is -0.0622 e. The third-order valence-corrected chi connectivity index (χ3v) is 5.60. The average molecular weight is 328 g/mol. The van der Waals surface area contributed by atoms with Crippen LogP contribution in [-0.4, -0.2) is 0 Å². The molecule has 0 heteroatoms. The Labute approximate surface area is 152 Å². The third-order valence-electron chi connectivity index (χ3n) is 5.60. The van der Waals surface area contributed by atoms with Crippen LogP contribution in [0.1, 0.15) is 0 Å². The largest absolute Gasteiger partial charge is 0.0622 e. The lowest BCUT2D eigenvalue weighted by molar-refractivity contribution is 1.65. The van der Waals surface area contributed by atoms with Crippen molar-refractivity contribution in [2.24, 2.45) is 0 Å². The van der Waals surface area contributed by atoms with Crippen LogP contribution in [0.3, 0.4) is 0 Å². The van der Waals surface area contributed by atoms with Gasteiger partial charge >= 0.3 is 0 Å². The molecule has 0 nitrogen and oxygen atoms in total. The Hall–Kier alpha value is -3.38. The first-order valence-electron chi connectivity index (χ1n) is 9.05. The van der Waals surface area contributed by atoms with E-state index < -0.39 is 0 Å². The second-order valence-corrected chi connectivity index (χ2v) is 6.97. The molecule has 120 valence electrons. The van der Waals surface area contributed by atoms with Gasteiger partial charge in [0.2, 0.25) is 0 Å². The highest BCUT2D eigenvalue weighted by atomic mass is 14.3. The lowest BCUT2D eigenvalue weighted by atomic mass is 9.90. The second-order valence-electron chi connectivity index (χ2n) is 6.97. The van der Waals surface area contributed by atoms with Crippen molar-refractivity contribution >= 4 is 21.5 Å². The zero-order chi connectivity index (χ0) is 17.1. The van der Waals surface area contributed by atoms with Crippen molar-refractivity contribution in [3.05, 3.63) is 97.1 Å². The molecule has 0 heterocycles. The highest BCUT2D eigenvalue weighted by Gasteiger charge is 2.25. The maximum Gasteiger partial charge on any atom is -0.000808 e. The summed E-state index contributed by atoms with van der Waals surface area (Å²) in [5, 5.41) is 5.35. The van der Waals surface area contributed by atoms with Crippen molar-refractivity contribution in [3.63, 3.8) is 0 Å². The maximum atomic E-state index is 2.29. The Morgan fingerprint density at radius 1 is 0.385 bits per heavy atom. The predicted molar refractivity (Wildman–Crippen MR) is 111 cm³/mol. The standard InChI is InChI=1S/C26H16/c1-2-7-17(8-3-1)21-15-14-19-10-6-12-22-23-16-13-18-9-4-5-11-20(18)25(23)26(21)24(19)22/h1-16H. The summed E-state index contributed by atoms with van der Waals surface area (Å²) in [6.07, 6.45) is 0. The molecule has 0 radical (unpaired) electrons. The summed E-state index contributed by atoms with van der Waals surface area (Å²) < 4.78 is 0. The van der Waals surface area contributed by atoms with E-state index in [4.69, 9.17) is 0 Å². The van der Waals surface area contributed by atoms with Crippen LogP contribution in [0.4, 0.5) is 0 Å². The highest BCUT2D eigenvalue weighted by Crippen LogP contribution is 2.53. The zero-order valence-electron chi connectivity index (χ0n) is 14.2. The van der Waals surface area contributed by atoms with Gasteiger partial charge in [-0.05, 0) is 54.9 Å². The molecule has 0 aromatic heterocycles. The molecule has 0 unspecified atom stereocenters. The summed E-state index contributed by atoms with van der Waals surface area (Å²) >= 11 is 0. The summed E-state index contributed by atoms with van der Waals surface area (Å²) in [5.41, 5.74) is 8.08. The van der Waals surface area contributed by atoms with Gasteiger partial charge in [-0.1, -0.05) is 97.1 Å². The summed E-state index contributed by atoms with van der Waals surface area (Å²) in [6, 6.07) is 35.2. The first kappa shape index (κ1) is 13.9. The Morgan fingerprint density at radius 2 is 1.12 bits per heavy atom. The predicted octanol–water partition coefficient (Wildman–Crippen LogP) is 7.31. The number of rotatable bonds is 1. The molecule has 0 atom stereocenters. The zero-order valence-corrected chi connectivity index (χ0v) is 14.2. The first-order chi connectivity index (χ1) is 12.9. The van der Waals surface area contributed by atoms with Crippen LogP contribution < -0.4 is 0 Å². The molecule has 0 aliphatic heterocycles. The van der Waals surface area contributed by atoms with Crippen LogP contribution in [0.15, 0.2) is 97.1 Å². The lowest BCUT2D eigenvalue weighted by Crippen LogP contribution is -1.86. The number of hydrogen-bond acceptors (Lipinski definition) is 0. The quantitative estimate of drug-likeness (QED) is 0.297. The van der Waals surface area contributed by atoms with E-state index in [1.54, 1.807) is 0 Å². The van der Waals surface area contributed by atoms with Crippen LogP contribution >= 0.6 is 0 Å². The minimum absolute atomic E-state index is 1.28. The van der Waals surface area contributed by atoms with Gasteiger partial charge in [0.05, 0.1) is 0 Å². The maximum absolute atomic E-state index is 2.29. The molecule has 1 aliphatic carbocycles. The van der Waals surface area contributed by atoms with Crippen molar-refractivity contribution < 1.29 is 0 Å². The molecule has 0 amide bonds. The van der Waals surface area contributed by atoms with Gasteiger partial charge in [0.25, 0.3) is 0 Å². The fourth-order valence-corrected chi connectivity index (χ4v) is 4.49. The highest BCUT2D eigenvalue weighted by molar-refractivity contribution is 6.24. The van der Waals surface area contributed by atoms with Crippen LogP contribution in [0.5, 0.6) is 0 Å². The summed E-state index contributed by atoms with van der Waals surface area (Å²) in [6.45, 7) is 0. The van der Waals surface area contributed by atoms with Crippen LogP contribution in [-0.2, 0) is 0 Å². The summed E-state index contributed by atoms with van der Waals surface area (Å²) in [5.74, 6) is 0. The van der Waals surface area contributed by atoms with Crippen LogP contribution in [0.25, 0.3) is 54.9 Å². The second kappa shape index (κ2) is 5.06. The molecule has 0 saturated carbocycles. The van der Waals surface area contributed by atoms with Crippen LogP contribution in [0.2, 0.25) is 0 Å². The number of benzene rings is 5. The topological polar surface area (TPSA) is 0 Å². The summed E-state index contributed by atoms with van der Waals surface area (Å²) in [7, 11) is 0. The third kappa shape index (κ3) is 1.74. The van der Waals surface area contributed by atoms with Crippen molar-refractivity contribution in [2.45, 2.75) is 0 Å². The molecule has 5 aromatic rings. The first-order valence-corrected chi connectivity index (χ1v) is 9.05. The van der Waals surface area contributed by atoms with E-state index in [1.807, 2.05) is 0 Å². The van der Waals surface area contributed by atoms with Crippen LogP contribution in [0, 0.1) is 0 Å². The molecule has 5 aromatic carbocycles. The lowest BCUT2D eigenvalue weighted by Gasteiger charge is -2.12. The minimum atomic E-state index is 1.28. The fraction of sp³-hybridized carbons (Fsp3) is 0. The average Bonchev–Trinajstić information content (AvgIpc) is 3.06. The Balaban J connectivity index is 1.85. The van der Waals surface area contributed by atoms with Crippen molar-refractivity contribution in [1.29, 1.82) is 0 Å². The molecular weight excluding hydrogens is 312 g/mol. The van der Waals surface area contributed by atoms with E-state index in [-0.39, 0.29) is 0 Å². The molecule has 0 fully saturated rings. The number of hydrogen-bond donors (Lipinski definition) is 0. The Bertz CT molecular complexity index is 1310. The van der Waals surface area contributed by atoms with Crippen molar-refractivity contribution in [3.8, 4) is 33.4 Å². The van der Waals surface area contributed by atoms with Gasteiger partial charge in [-0.25, -0.2) is 0 Å². The van der Waals surface area contributed by atoms with Gasteiger partial charge in [-0.15, -0.1) is 0 Å². The Morgan fingerprint density at radius 3 is 2.04 bits per heavy atom. The van der Waals surface area contributed by atoms with E-state index in [0.717, 1.165) is 0 Å². The molecule has 0 bridgehead atoms. The fourth-order valence-electron chi connectivity index (χ4n) is 4.49. The van der Waals surface area contributed by atoms with Gasteiger partial charge < -0.3 is 0 Å². The van der Waals surface area contributed by atoms with E-state index >= 15 is 0 Å². The number of fused-ring (bicyclic) bond motifs is 5. The molecule has 26 heavy (non-hydrogen) atoms. The van der Waals surface area contributed by atoms with Crippen molar-refractivity contribution in [2.75, 3.05) is 0 Å². The van der Waals surface area contributed by atoms with Gasteiger partial charge in [-0.2, -0.15) is 0 Å². The van der Waals surface area contributed by atoms with Crippen molar-refractivity contribution in [1.82, 2.24) is 0 Å². The van der Waals surface area contributed by atoms with Gasteiger partial charge in [0.1, 0.15) is 0 Å². The molecule has 0 spiro atoms. The SMILES string of the molecule is c1ccc(-c2ccc3cccc4c3c2-c2c-4ccc3ccccc23)cc1. The van der Waals surface area contributed by atoms with E-state index in [1.165, 1.54) is 54.9 Å². The smallest absolute Gasteiger partial charge is 0.000808 e. The van der Waals surface area contributed by atoms with Gasteiger partial charge in [0.15, 0.2) is 0 Å².